The van der Waals surface area contributed by atoms with E-state index in [1.165, 1.54) is 11.1 Å². The van der Waals surface area contributed by atoms with Gasteiger partial charge in [0, 0.05) is 12.1 Å². The lowest BCUT2D eigenvalue weighted by Gasteiger charge is -2.30. The number of nitrogens with one attached hydrogen (secondary N) is 2. The van der Waals surface area contributed by atoms with Gasteiger partial charge in [0.05, 0.1) is 6.61 Å². The van der Waals surface area contributed by atoms with E-state index in [0.29, 0.717) is 13.0 Å². The van der Waals surface area contributed by atoms with Crippen LogP contribution in [0.2, 0.25) is 0 Å². The lowest BCUT2D eigenvalue weighted by molar-refractivity contribution is -0.110. The van der Waals surface area contributed by atoms with Crippen LogP contribution in [-0.2, 0) is 15.6 Å². The molecule has 1 amide bonds. The third-order valence-corrected chi connectivity index (χ3v) is 5.37. The van der Waals surface area contributed by atoms with Crippen molar-refractivity contribution in [1.29, 1.82) is 0 Å². The van der Waals surface area contributed by atoms with Gasteiger partial charge in [0.1, 0.15) is 5.75 Å². The molecule has 0 aliphatic heterocycles. The maximum atomic E-state index is 10.2. The fraction of sp³-hybridized carbons (Fsp3) is 0.667. The summed E-state index contributed by atoms with van der Waals surface area (Å²) in [4.78, 5) is 10.2. The summed E-state index contributed by atoms with van der Waals surface area (Å²) in [5.41, 5.74) is 8.22. The van der Waals surface area contributed by atoms with E-state index in [1.54, 1.807) is 0 Å². The van der Waals surface area contributed by atoms with Gasteiger partial charge in [0.25, 0.3) is 0 Å². The van der Waals surface area contributed by atoms with Gasteiger partial charge in [-0.2, -0.15) is 0 Å². The Labute approximate surface area is 153 Å². The Morgan fingerprint density at radius 1 is 1.04 bits per heavy atom. The van der Waals surface area contributed by atoms with Crippen molar-refractivity contribution >= 4 is 6.41 Å². The van der Waals surface area contributed by atoms with E-state index < -0.39 is 0 Å². The van der Waals surface area contributed by atoms with Crippen molar-refractivity contribution in [2.24, 2.45) is 0 Å². The second-order valence-corrected chi connectivity index (χ2v) is 7.93. The molecule has 4 heteroatoms. The van der Waals surface area contributed by atoms with Crippen molar-refractivity contribution in [2.45, 2.75) is 78.1 Å². The maximum Gasteiger partial charge on any atom is 0.221 e. The minimum absolute atomic E-state index is 0.0879. The molecule has 1 rings (SSSR count). The summed E-state index contributed by atoms with van der Waals surface area (Å²) in [6.07, 6.45) is 4.73. The van der Waals surface area contributed by atoms with Gasteiger partial charge in [-0.3, -0.25) is 10.2 Å². The summed E-state index contributed by atoms with van der Waals surface area (Å²) in [6, 6.07) is 6.70. The van der Waals surface area contributed by atoms with E-state index in [-0.39, 0.29) is 10.8 Å². The number of ether oxygens (including phenoxy) is 1. The van der Waals surface area contributed by atoms with Crippen molar-refractivity contribution in [1.82, 2.24) is 10.9 Å². The van der Waals surface area contributed by atoms with E-state index in [0.717, 1.165) is 38.0 Å². The first kappa shape index (κ1) is 21.5. The number of amides is 1. The number of hydrazine groups is 1. The first-order valence-corrected chi connectivity index (χ1v) is 9.48. The van der Waals surface area contributed by atoms with E-state index in [2.05, 4.69) is 70.6 Å². The zero-order valence-corrected chi connectivity index (χ0v) is 16.9. The van der Waals surface area contributed by atoms with Gasteiger partial charge in [0.15, 0.2) is 0 Å². The number of unbranched alkanes of at least 4 members (excludes halogenated alkanes) is 1. The van der Waals surface area contributed by atoms with Crippen molar-refractivity contribution < 1.29 is 9.53 Å². The Morgan fingerprint density at radius 2 is 1.72 bits per heavy atom. The van der Waals surface area contributed by atoms with Crippen LogP contribution >= 0.6 is 0 Å². The molecule has 0 radical (unpaired) electrons. The normalized spacial score (nSPS) is 12.1. The summed E-state index contributed by atoms with van der Waals surface area (Å²) < 4.78 is 6.12. The molecule has 0 fully saturated rings. The molecule has 0 aliphatic carbocycles. The highest BCUT2D eigenvalue weighted by molar-refractivity contribution is 5.45. The van der Waals surface area contributed by atoms with E-state index in [1.807, 2.05) is 0 Å². The zero-order valence-electron chi connectivity index (χ0n) is 16.9. The standard InChI is InChI=1S/C21H36N2O2/c1-7-20(3,4)17-11-12-19(18(15-17)21(5,6)8-2)25-14-10-9-13-22-23-16-24/h11-12,15-16,22H,7-10,13-14H2,1-6H3,(H,23,24). The molecule has 2 N–H and O–H groups in total. The Hall–Kier alpha value is -1.55. The summed E-state index contributed by atoms with van der Waals surface area (Å²) >= 11 is 0. The molecule has 0 spiro atoms. The van der Waals surface area contributed by atoms with Crippen LogP contribution in [0.5, 0.6) is 5.75 Å². The summed E-state index contributed by atoms with van der Waals surface area (Å²) in [5.74, 6) is 1.00. The number of carbonyl (C=O) groups excluding carboxylic acids is 1. The predicted molar refractivity (Wildman–Crippen MR) is 105 cm³/mol. The third kappa shape index (κ3) is 6.35. The topological polar surface area (TPSA) is 50.4 Å². The average Bonchev–Trinajstić information content (AvgIpc) is 2.60. The first-order valence-electron chi connectivity index (χ1n) is 9.48. The highest BCUT2D eigenvalue weighted by Crippen LogP contribution is 2.38. The van der Waals surface area contributed by atoms with Crippen LogP contribution in [0.3, 0.4) is 0 Å². The maximum absolute atomic E-state index is 10.2. The molecule has 0 saturated carbocycles. The van der Waals surface area contributed by atoms with Crippen molar-refractivity contribution in [3.05, 3.63) is 29.3 Å². The fourth-order valence-corrected chi connectivity index (χ4v) is 2.61. The number of hydrogen-bond donors (Lipinski definition) is 2. The van der Waals surface area contributed by atoms with Gasteiger partial charge in [-0.25, -0.2) is 5.43 Å². The Bertz CT molecular complexity index is 539. The molecule has 4 nitrogen and oxygen atoms in total. The Balaban J connectivity index is 2.83. The minimum atomic E-state index is 0.0879. The van der Waals surface area contributed by atoms with Crippen LogP contribution in [-0.4, -0.2) is 19.6 Å². The monoisotopic (exact) mass is 348 g/mol. The van der Waals surface area contributed by atoms with Crippen LogP contribution in [0.25, 0.3) is 0 Å². The van der Waals surface area contributed by atoms with Crippen molar-refractivity contribution in [3.63, 3.8) is 0 Å². The predicted octanol–water partition coefficient (Wildman–Crippen LogP) is 4.47. The number of benzene rings is 1. The van der Waals surface area contributed by atoms with Crippen LogP contribution in [0.4, 0.5) is 0 Å². The molecule has 1 aromatic rings. The van der Waals surface area contributed by atoms with E-state index in [9.17, 15) is 4.79 Å². The quantitative estimate of drug-likeness (QED) is 0.333. The fourth-order valence-electron chi connectivity index (χ4n) is 2.61. The summed E-state index contributed by atoms with van der Waals surface area (Å²) in [6.45, 7) is 15.1. The van der Waals surface area contributed by atoms with Gasteiger partial charge in [-0.15, -0.1) is 0 Å². The van der Waals surface area contributed by atoms with Crippen LogP contribution in [0.15, 0.2) is 18.2 Å². The average molecular weight is 349 g/mol. The second kappa shape index (κ2) is 9.81. The van der Waals surface area contributed by atoms with Gasteiger partial charge in [-0.05, 0) is 48.1 Å². The summed E-state index contributed by atoms with van der Waals surface area (Å²) in [7, 11) is 0. The van der Waals surface area contributed by atoms with Crippen molar-refractivity contribution in [2.75, 3.05) is 13.2 Å². The first-order chi connectivity index (χ1) is 11.8. The molecule has 0 heterocycles. The van der Waals surface area contributed by atoms with E-state index in [4.69, 9.17) is 4.74 Å². The van der Waals surface area contributed by atoms with Crippen LogP contribution < -0.4 is 15.6 Å². The van der Waals surface area contributed by atoms with Gasteiger partial charge < -0.3 is 4.74 Å². The lowest BCUT2D eigenvalue weighted by atomic mass is 9.76. The minimum Gasteiger partial charge on any atom is -0.493 e. The number of carbonyl (C=O) groups is 1. The SMILES string of the molecule is CCC(C)(C)c1ccc(OCCCCNNC=O)c(C(C)(C)CC)c1. The molecule has 0 unspecified atom stereocenters. The van der Waals surface area contributed by atoms with Gasteiger partial charge in [0.2, 0.25) is 6.41 Å². The highest BCUT2D eigenvalue weighted by Gasteiger charge is 2.26. The molecule has 0 bridgehead atoms. The molecule has 0 saturated heterocycles. The second-order valence-electron chi connectivity index (χ2n) is 7.93. The third-order valence-electron chi connectivity index (χ3n) is 5.37. The Kier molecular flexibility index (Phi) is 8.43. The molecular weight excluding hydrogens is 312 g/mol. The molecule has 25 heavy (non-hydrogen) atoms. The Morgan fingerprint density at radius 3 is 2.32 bits per heavy atom. The molecule has 0 atom stereocenters. The van der Waals surface area contributed by atoms with Crippen LogP contribution in [0, 0.1) is 0 Å². The lowest BCUT2D eigenvalue weighted by Crippen LogP contribution is -2.31. The summed E-state index contributed by atoms with van der Waals surface area (Å²) in [5, 5.41) is 0. The molecule has 0 aliphatic rings. The zero-order chi connectivity index (χ0) is 18.9. The largest absolute Gasteiger partial charge is 0.493 e. The molecule has 1 aromatic carbocycles. The number of rotatable bonds is 12. The molecular formula is C21H36N2O2. The highest BCUT2D eigenvalue weighted by atomic mass is 16.5. The van der Waals surface area contributed by atoms with Gasteiger partial charge in [-0.1, -0.05) is 53.7 Å². The van der Waals surface area contributed by atoms with E-state index >= 15 is 0 Å². The molecule has 142 valence electrons. The van der Waals surface area contributed by atoms with Crippen LogP contribution in [0.1, 0.15) is 78.4 Å². The van der Waals surface area contributed by atoms with Crippen molar-refractivity contribution in [3.8, 4) is 5.75 Å². The molecule has 0 aromatic heterocycles. The smallest absolute Gasteiger partial charge is 0.221 e. The number of hydrogen-bond acceptors (Lipinski definition) is 3. The van der Waals surface area contributed by atoms with Gasteiger partial charge >= 0.3 is 0 Å².